The van der Waals surface area contributed by atoms with Crippen LogP contribution in [0.2, 0.25) is 0 Å². The fourth-order valence-electron chi connectivity index (χ4n) is 4.52. The smallest absolute Gasteiger partial charge is 0.240 e. The van der Waals surface area contributed by atoms with Crippen molar-refractivity contribution in [3.63, 3.8) is 0 Å². The van der Waals surface area contributed by atoms with Gasteiger partial charge in [0.05, 0.1) is 11.4 Å². The second-order valence-corrected chi connectivity index (χ2v) is 8.77. The number of hydrogen-bond acceptors (Lipinski definition) is 4. The van der Waals surface area contributed by atoms with Crippen LogP contribution in [0.4, 0.5) is 0 Å². The van der Waals surface area contributed by atoms with Gasteiger partial charge in [-0.05, 0) is 49.7 Å². The minimum Gasteiger partial charge on any atom is -0.273 e. The Bertz CT molecular complexity index is 974. The van der Waals surface area contributed by atoms with Crippen molar-refractivity contribution in [2.24, 2.45) is 10.2 Å². The second-order valence-electron chi connectivity index (χ2n) is 8.77. The highest BCUT2D eigenvalue weighted by atomic mass is 16.2. The van der Waals surface area contributed by atoms with Crippen LogP contribution < -0.4 is 10.9 Å². The van der Waals surface area contributed by atoms with Gasteiger partial charge in [-0.15, -0.1) is 0 Å². The number of rotatable bonds is 10. The normalized spacial score (nSPS) is 16.6. The van der Waals surface area contributed by atoms with Gasteiger partial charge in [-0.25, -0.2) is 10.9 Å². The molecule has 33 heavy (non-hydrogen) atoms. The lowest BCUT2D eigenvalue weighted by Gasteiger charge is -2.04. The van der Waals surface area contributed by atoms with Crippen LogP contribution in [-0.2, 0) is 22.4 Å². The monoisotopic (exact) mass is 444 g/mol. The molecule has 172 valence electrons. The van der Waals surface area contributed by atoms with Gasteiger partial charge in [0, 0.05) is 24.0 Å². The highest BCUT2D eigenvalue weighted by Gasteiger charge is 2.18. The van der Waals surface area contributed by atoms with Crippen molar-refractivity contribution in [1.82, 2.24) is 10.9 Å². The topological polar surface area (TPSA) is 82.9 Å². The van der Waals surface area contributed by atoms with Gasteiger partial charge in [-0.3, -0.25) is 9.59 Å². The molecule has 2 aromatic carbocycles. The Hall–Kier alpha value is -3.28. The molecule has 4 rings (SSSR count). The van der Waals surface area contributed by atoms with Gasteiger partial charge in [0.1, 0.15) is 0 Å². The molecule has 0 radical (unpaired) electrons. The Morgan fingerprint density at radius 3 is 1.52 bits per heavy atom. The van der Waals surface area contributed by atoms with Crippen molar-refractivity contribution >= 4 is 23.2 Å². The van der Waals surface area contributed by atoms with Crippen LogP contribution in [0.15, 0.2) is 58.7 Å². The molecule has 2 aromatic rings. The molecule has 0 aliphatic heterocycles. The van der Waals surface area contributed by atoms with E-state index < -0.39 is 0 Å². The molecular formula is C27H32N4O2. The van der Waals surface area contributed by atoms with E-state index >= 15 is 0 Å². The van der Waals surface area contributed by atoms with Crippen molar-refractivity contribution in [2.75, 3.05) is 0 Å². The molecule has 0 bridgehead atoms. The number of nitrogens with zero attached hydrogens (tertiary/aromatic N) is 2. The van der Waals surface area contributed by atoms with Crippen LogP contribution in [0.1, 0.15) is 80.0 Å². The summed E-state index contributed by atoms with van der Waals surface area (Å²) in [7, 11) is 0. The van der Waals surface area contributed by atoms with E-state index in [1.165, 1.54) is 11.1 Å². The fourth-order valence-corrected chi connectivity index (χ4v) is 4.52. The van der Waals surface area contributed by atoms with Gasteiger partial charge in [-0.1, -0.05) is 67.8 Å². The maximum Gasteiger partial charge on any atom is 0.240 e. The summed E-state index contributed by atoms with van der Waals surface area (Å²) in [5.41, 5.74) is 12.3. The van der Waals surface area contributed by atoms with Crippen molar-refractivity contribution in [3.8, 4) is 0 Å². The number of carbonyl (C=O) groups is 2. The number of nitrogens with one attached hydrogen (secondary N) is 2. The number of hydrazone groups is 2. The summed E-state index contributed by atoms with van der Waals surface area (Å²) in [5.74, 6) is -0.0577. The quantitative estimate of drug-likeness (QED) is 0.413. The second kappa shape index (κ2) is 11.5. The molecule has 0 spiro atoms. The predicted octanol–water partition coefficient (Wildman–Crippen LogP) is 4.65. The lowest BCUT2D eigenvalue weighted by Crippen LogP contribution is -2.19. The molecule has 0 saturated heterocycles. The zero-order chi connectivity index (χ0) is 22.9. The minimum atomic E-state index is -0.0288. The number of aryl methyl sites for hydroxylation is 2. The lowest BCUT2D eigenvalue weighted by molar-refractivity contribution is -0.121. The molecule has 0 heterocycles. The highest BCUT2D eigenvalue weighted by molar-refractivity contribution is 6.05. The third-order valence-electron chi connectivity index (χ3n) is 6.36. The summed E-state index contributed by atoms with van der Waals surface area (Å²) in [5, 5.41) is 8.67. The van der Waals surface area contributed by atoms with E-state index in [4.69, 9.17) is 0 Å². The molecule has 2 amide bonds. The van der Waals surface area contributed by atoms with E-state index in [0.29, 0.717) is 12.8 Å². The molecule has 0 saturated carbocycles. The Balaban J connectivity index is 1.05. The van der Waals surface area contributed by atoms with Crippen LogP contribution in [0.25, 0.3) is 0 Å². The summed E-state index contributed by atoms with van der Waals surface area (Å²) in [4.78, 5) is 24.1. The molecule has 0 unspecified atom stereocenters. The largest absolute Gasteiger partial charge is 0.273 e. The summed E-state index contributed by atoms with van der Waals surface area (Å²) < 4.78 is 0. The first-order valence-electron chi connectivity index (χ1n) is 12.1. The third kappa shape index (κ3) is 6.37. The summed E-state index contributed by atoms with van der Waals surface area (Å²) in [6.07, 6.45) is 9.37. The van der Waals surface area contributed by atoms with E-state index in [2.05, 4.69) is 45.3 Å². The van der Waals surface area contributed by atoms with Gasteiger partial charge in [0.25, 0.3) is 0 Å². The number of amides is 2. The number of fused-ring (bicyclic) bond motifs is 2. The molecule has 2 aliphatic rings. The van der Waals surface area contributed by atoms with Crippen molar-refractivity contribution in [1.29, 1.82) is 0 Å². The first-order valence-corrected chi connectivity index (χ1v) is 12.1. The SMILES string of the molecule is O=C(CCCCCCCC(=O)N/N=C1\CCc2ccccc21)N/N=C1\CCc2ccccc21. The van der Waals surface area contributed by atoms with E-state index in [1.54, 1.807) is 0 Å². The Morgan fingerprint density at radius 1 is 0.606 bits per heavy atom. The van der Waals surface area contributed by atoms with Crippen LogP contribution in [0, 0.1) is 0 Å². The Labute approximate surface area is 195 Å². The molecule has 0 aromatic heterocycles. The van der Waals surface area contributed by atoms with Gasteiger partial charge in [0.15, 0.2) is 0 Å². The Kier molecular flexibility index (Phi) is 8.01. The van der Waals surface area contributed by atoms with Crippen LogP contribution in [0.3, 0.4) is 0 Å². The first-order chi connectivity index (χ1) is 16.2. The van der Waals surface area contributed by atoms with Crippen molar-refractivity contribution in [3.05, 3.63) is 70.8 Å². The van der Waals surface area contributed by atoms with Crippen molar-refractivity contribution in [2.45, 2.75) is 70.6 Å². The minimum absolute atomic E-state index is 0.0288. The number of benzene rings is 2. The molecule has 2 aliphatic carbocycles. The van der Waals surface area contributed by atoms with E-state index in [9.17, 15) is 9.59 Å². The summed E-state index contributed by atoms with van der Waals surface area (Å²) in [6.45, 7) is 0. The van der Waals surface area contributed by atoms with Gasteiger partial charge in [0.2, 0.25) is 11.8 Å². The summed E-state index contributed by atoms with van der Waals surface area (Å²) in [6, 6.07) is 16.5. The van der Waals surface area contributed by atoms with Crippen LogP contribution in [-0.4, -0.2) is 23.2 Å². The third-order valence-corrected chi connectivity index (χ3v) is 6.36. The predicted molar refractivity (Wildman–Crippen MR) is 131 cm³/mol. The van der Waals surface area contributed by atoms with E-state index in [-0.39, 0.29) is 11.8 Å². The van der Waals surface area contributed by atoms with Crippen molar-refractivity contribution < 1.29 is 9.59 Å². The highest BCUT2D eigenvalue weighted by Crippen LogP contribution is 2.22. The van der Waals surface area contributed by atoms with Gasteiger partial charge >= 0.3 is 0 Å². The number of hydrogen-bond donors (Lipinski definition) is 2. The molecular weight excluding hydrogens is 412 g/mol. The molecule has 0 fully saturated rings. The van der Waals surface area contributed by atoms with Crippen LogP contribution in [0.5, 0.6) is 0 Å². The van der Waals surface area contributed by atoms with Crippen LogP contribution >= 0.6 is 0 Å². The zero-order valence-electron chi connectivity index (χ0n) is 19.1. The fraction of sp³-hybridized carbons (Fsp3) is 0.407. The first kappa shape index (κ1) is 22.9. The Morgan fingerprint density at radius 2 is 1.03 bits per heavy atom. The van der Waals surface area contributed by atoms with E-state index in [1.807, 2.05) is 24.3 Å². The lowest BCUT2D eigenvalue weighted by atomic mass is 10.1. The maximum atomic E-state index is 12.1. The van der Waals surface area contributed by atoms with E-state index in [0.717, 1.165) is 80.3 Å². The molecule has 6 heteroatoms. The number of unbranched alkanes of at least 4 members (excludes halogenated alkanes) is 4. The average molecular weight is 445 g/mol. The molecule has 0 atom stereocenters. The standard InChI is InChI=1S/C27H32N4O2/c32-26(30-28-24-18-16-20-10-6-8-12-22(20)24)14-4-2-1-3-5-15-27(33)31-29-25-19-17-21-11-7-9-13-23(21)25/h6-13H,1-5,14-19H2,(H,30,32)(H,31,33)/b28-24+,29-25+. The van der Waals surface area contributed by atoms with Gasteiger partial charge in [-0.2, -0.15) is 10.2 Å². The van der Waals surface area contributed by atoms with Gasteiger partial charge < -0.3 is 0 Å². The zero-order valence-corrected chi connectivity index (χ0v) is 19.1. The molecule has 2 N–H and O–H groups in total. The average Bonchev–Trinajstić information content (AvgIpc) is 3.45. The molecule has 6 nitrogen and oxygen atoms in total. The maximum absolute atomic E-state index is 12.1. The number of carbonyl (C=O) groups excluding carboxylic acids is 2. The summed E-state index contributed by atoms with van der Waals surface area (Å²) >= 11 is 0.